The molecular formula is C48H52N10O6S. The fraction of sp³-hybridized carbons (Fsp3) is 0.292. The summed E-state index contributed by atoms with van der Waals surface area (Å²) in [6, 6.07) is 28.5. The van der Waals surface area contributed by atoms with Gasteiger partial charge >= 0.3 is 12.2 Å². The molecule has 2 saturated heterocycles. The molecule has 4 amide bonds. The van der Waals surface area contributed by atoms with Gasteiger partial charge in [-0.15, -0.1) is 11.3 Å². The second-order valence-corrected chi connectivity index (χ2v) is 16.4. The smallest absolute Gasteiger partial charge is 0.391 e. The zero-order chi connectivity index (χ0) is 45.2. The number of pyridine rings is 3. The van der Waals surface area contributed by atoms with Crippen molar-refractivity contribution in [2.45, 2.75) is 26.2 Å². The lowest BCUT2D eigenvalue weighted by Crippen LogP contribution is -2.49. The highest BCUT2D eigenvalue weighted by Crippen LogP contribution is 2.17. The molecule has 17 heteroatoms. The maximum Gasteiger partial charge on any atom is 0.416 e. The van der Waals surface area contributed by atoms with Gasteiger partial charge in [0, 0.05) is 112 Å². The van der Waals surface area contributed by atoms with E-state index in [-0.39, 0.29) is 23.6 Å². The number of carbonyl (C=O) groups is 4. The summed E-state index contributed by atoms with van der Waals surface area (Å²) < 4.78 is 10.8. The first-order valence-corrected chi connectivity index (χ1v) is 22.4. The molecule has 0 unspecified atom stereocenters. The third-order valence-electron chi connectivity index (χ3n) is 10.7. The number of nitrogens with one attached hydrogen (secondary N) is 2. The number of hydrogen-bond acceptors (Lipinski definition) is 13. The summed E-state index contributed by atoms with van der Waals surface area (Å²) in [7, 11) is 0. The van der Waals surface area contributed by atoms with Gasteiger partial charge in [-0.3, -0.25) is 24.4 Å². The summed E-state index contributed by atoms with van der Waals surface area (Å²) in [6.45, 7) is 9.66. The van der Waals surface area contributed by atoms with Gasteiger partial charge in [-0.05, 0) is 74.3 Å². The molecular weight excluding hydrogens is 845 g/mol. The molecule has 2 N–H and O–H groups in total. The molecule has 0 saturated carbocycles. The van der Waals surface area contributed by atoms with Crippen molar-refractivity contribution >= 4 is 46.7 Å². The fourth-order valence-corrected chi connectivity index (χ4v) is 7.60. The number of anilines is 2. The molecule has 0 spiro atoms. The minimum atomic E-state index is -0.409. The van der Waals surface area contributed by atoms with Crippen molar-refractivity contribution in [3.05, 3.63) is 155 Å². The predicted octanol–water partition coefficient (Wildman–Crippen LogP) is 6.94. The number of piperazine rings is 2. The third kappa shape index (κ3) is 14.5. The van der Waals surface area contributed by atoms with Gasteiger partial charge in [0.05, 0.1) is 28.8 Å². The molecule has 0 atom stereocenters. The number of nitrogens with zero attached hydrogens (tertiary/aromatic N) is 8. The Hall–Kier alpha value is -7.08. The van der Waals surface area contributed by atoms with Gasteiger partial charge in [0.15, 0.2) is 0 Å². The molecule has 2 aromatic carbocycles. The van der Waals surface area contributed by atoms with Gasteiger partial charge < -0.3 is 29.9 Å². The normalized spacial score (nSPS) is 14.1. The average molecular weight is 897 g/mol. The predicted molar refractivity (Wildman–Crippen MR) is 248 cm³/mol. The minimum absolute atomic E-state index is 0.203. The van der Waals surface area contributed by atoms with Crippen LogP contribution in [0.25, 0.3) is 0 Å². The van der Waals surface area contributed by atoms with Crippen LogP contribution in [0.15, 0.2) is 127 Å². The minimum Gasteiger partial charge on any atom is -0.391 e. The molecule has 4 aromatic heterocycles. The molecule has 6 aromatic rings. The van der Waals surface area contributed by atoms with Crippen molar-refractivity contribution in [2.75, 3.05) is 76.1 Å². The lowest BCUT2D eigenvalue weighted by atomic mass is 10.2. The molecule has 6 heterocycles. The summed E-state index contributed by atoms with van der Waals surface area (Å²) in [4.78, 5) is 74.5. The first kappa shape index (κ1) is 45.9. The zero-order valence-electron chi connectivity index (χ0n) is 36.3. The fourth-order valence-electron chi connectivity index (χ4n) is 6.99. The first-order chi connectivity index (χ1) is 31.7. The van der Waals surface area contributed by atoms with Crippen LogP contribution in [0.3, 0.4) is 0 Å². The second kappa shape index (κ2) is 23.6. The van der Waals surface area contributed by atoms with Crippen LogP contribution in [-0.2, 0) is 12.8 Å². The number of aromatic nitrogens is 4. The Morgan fingerprint density at radius 1 is 0.569 bits per heavy atom. The van der Waals surface area contributed by atoms with E-state index in [0.29, 0.717) is 48.7 Å². The Labute approximate surface area is 382 Å². The summed E-state index contributed by atoms with van der Waals surface area (Å²) in [5.74, 6) is -0.0373. The van der Waals surface area contributed by atoms with Crippen molar-refractivity contribution in [1.29, 1.82) is 0 Å². The van der Waals surface area contributed by atoms with Crippen molar-refractivity contribution < 1.29 is 28.7 Å². The number of ether oxygens (including phenoxy) is 2. The van der Waals surface area contributed by atoms with E-state index in [1.165, 1.54) is 18.0 Å². The number of benzene rings is 2. The van der Waals surface area contributed by atoms with Gasteiger partial charge in [0.25, 0.3) is 11.8 Å². The van der Waals surface area contributed by atoms with E-state index in [9.17, 15) is 19.2 Å². The Morgan fingerprint density at radius 3 is 1.54 bits per heavy atom. The maximum absolute atomic E-state index is 12.5. The van der Waals surface area contributed by atoms with Crippen LogP contribution >= 0.6 is 11.3 Å². The van der Waals surface area contributed by atoms with Crippen LogP contribution in [0, 0.1) is 6.92 Å². The largest absolute Gasteiger partial charge is 0.416 e. The molecule has 2 aliphatic heterocycles. The number of carbonyl (C=O) groups excluding carboxylic acids is 4. The molecule has 0 aliphatic carbocycles. The third-order valence-corrected chi connectivity index (χ3v) is 11.5. The molecule has 65 heavy (non-hydrogen) atoms. The van der Waals surface area contributed by atoms with Crippen molar-refractivity contribution in [3.8, 4) is 11.8 Å². The molecule has 0 bridgehead atoms. The van der Waals surface area contributed by atoms with E-state index < -0.39 is 12.2 Å². The van der Waals surface area contributed by atoms with Gasteiger partial charge in [-0.1, -0.05) is 42.5 Å². The SMILES string of the molecule is Cc1ccc(CCCN2CCN(C(=O)Oc3ccc(NC(=O)c4ccccc4)cn3)CC2)nc1.O=C(Nc1ccc(OC(=O)N2CCN(CCc3nccs3)CC2)nc1)c1ccccc1. The Kier molecular flexibility index (Phi) is 16.6. The number of aryl methyl sites for hydroxylation is 2. The first-order valence-electron chi connectivity index (χ1n) is 21.6. The highest BCUT2D eigenvalue weighted by molar-refractivity contribution is 7.09. The van der Waals surface area contributed by atoms with Gasteiger partial charge in [0.2, 0.25) is 11.8 Å². The number of rotatable bonds is 13. The van der Waals surface area contributed by atoms with Crippen LogP contribution in [0.1, 0.15) is 43.4 Å². The summed E-state index contributed by atoms with van der Waals surface area (Å²) in [5, 5.41) is 8.66. The van der Waals surface area contributed by atoms with Crippen molar-refractivity contribution in [2.24, 2.45) is 0 Å². The highest BCUT2D eigenvalue weighted by Gasteiger charge is 2.24. The molecule has 16 nitrogen and oxygen atoms in total. The van der Waals surface area contributed by atoms with E-state index in [1.54, 1.807) is 93.9 Å². The quantitative estimate of drug-likeness (QED) is 0.122. The van der Waals surface area contributed by atoms with Crippen molar-refractivity contribution in [3.63, 3.8) is 0 Å². The molecule has 2 aliphatic rings. The Morgan fingerprint density at radius 2 is 1.09 bits per heavy atom. The summed E-state index contributed by atoms with van der Waals surface area (Å²) in [6.07, 6.45) is 8.79. The van der Waals surface area contributed by atoms with Gasteiger partial charge in [-0.25, -0.2) is 24.5 Å². The van der Waals surface area contributed by atoms with Crippen LogP contribution in [0.2, 0.25) is 0 Å². The molecule has 8 rings (SSSR count). The molecule has 2 fully saturated rings. The monoisotopic (exact) mass is 896 g/mol. The van der Waals surface area contributed by atoms with E-state index in [1.807, 2.05) is 36.8 Å². The van der Waals surface area contributed by atoms with Crippen LogP contribution in [0.4, 0.5) is 21.0 Å². The van der Waals surface area contributed by atoms with E-state index in [0.717, 1.165) is 69.2 Å². The van der Waals surface area contributed by atoms with Gasteiger partial charge in [0.1, 0.15) is 0 Å². The Balaban J connectivity index is 0.000000195. The number of amides is 4. The van der Waals surface area contributed by atoms with Crippen LogP contribution in [-0.4, -0.2) is 129 Å². The topological polar surface area (TPSA) is 175 Å². The van der Waals surface area contributed by atoms with E-state index in [4.69, 9.17) is 9.47 Å². The molecule has 0 radical (unpaired) electrons. The standard InChI is InChI=1S/C26H29N5O3.C22H23N5O3S/c1-20-9-10-22(27-18-20)8-5-13-30-14-16-31(17-15-30)26(33)34-24-12-11-23(19-28-24)29-25(32)21-6-3-2-4-7-21;28-21(17-4-2-1-3-5-17)25-18-6-7-19(24-16-18)30-22(29)27-13-11-26(12-14-27)10-8-20-23-9-15-31-20/h2-4,6-7,9-12,18-19H,5,8,13-17H2,1H3,(H,29,32);1-7,9,15-16H,8,10-14H2,(H,25,28). The van der Waals surface area contributed by atoms with Crippen molar-refractivity contribution in [1.82, 2.24) is 39.5 Å². The Bertz CT molecular complexity index is 2410. The lowest BCUT2D eigenvalue weighted by Gasteiger charge is -2.33. The summed E-state index contributed by atoms with van der Waals surface area (Å²) in [5.41, 5.74) is 4.47. The highest BCUT2D eigenvalue weighted by atomic mass is 32.1. The second-order valence-electron chi connectivity index (χ2n) is 15.4. The lowest BCUT2D eigenvalue weighted by molar-refractivity contribution is 0.101. The van der Waals surface area contributed by atoms with Crippen LogP contribution in [0.5, 0.6) is 11.8 Å². The number of thiazole rings is 1. The summed E-state index contributed by atoms with van der Waals surface area (Å²) >= 11 is 1.67. The number of hydrogen-bond donors (Lipinski definition) is 2. The van der Waals surface area contributed by atoms with E-state index in [2.05, 4.69) is 52.5 Å². The molecule has 336 valence electrons. The van der Waals surface area contributed by atoms with E-state index >= 15 is 0 Å². The maximum atomic E-state index is 12.5. The van der Waals surface area contributed by atoms with Gasteiger partial charge in [-0.2, -0.15) is 0 Å². The average Bonchev–Trinajstić information content (AvgIpc) is 3.88. The van der Waals surface area contributed by atoms with Crippen LogP contribution < -0.4 is 20.1 Å². The zero-order valence-corrected chi connectivity index (χ0v) is 37.1.